The first-order valence-corrected chi connectivity index (χ1v) is 10.7. The maximum absolute atomic E-state index is 11.9. The molecule has 2 aliphatic rings. The topological polar surface area (TPSA) is 72.4 Å². The molecule has 0 aromatic carbocycles. The van der Waals surface area contributed by atoms with Gasteiger partial charge < -0.3 is 20.3 Å². The van der Waals surface area contributed by atoms with Crippen molar-refractivity contribution in [2.75, 3.05) is 79.7 Å². The highest BCUT2D eigenvalue weighted by molar-refractivity contribution is 14.0. The van der Waals surface area contributed by atoms with Gasteiger partial charge in [-0.25, -0.2) is 4.99 Å². The molecule has 170 valence electrons. The maximum atomic E-state index is 11.9. The van der Waals surface area contributed by atoms with Crippen molar-refractivity contribution >= 4 is 35.8 Å². The molecule has 2 saturated heterocycles. The Bertz CT molecular complexity index is 497. The number of hydrogen-bond acceptors (Lipinski definition) is 5. The third kappa shape index (κ3) is 10.3. The van der Waals surface area contributed by atoms with Gasteiger partial charge in [-0.2, -0.15) is 0 Å². The van der Waals surface area contributed by atoms with Crippen LogP contribution in [0.5, 0.6) is 0 Å². The zero-order valence-corrected chi connectivity index (χ0v) is 21.0. The smallest absolute Gasteiger partial charge is 0.243 e. The Morgan fingerprint density at radius 1 is 1.21 bits per heavy atom. The Morgan fingerprint density at radius 2 is 1.93 bits per heavy atom. The Labute approximate surface area is 193 Å². The molecule has 2 aliphatic heterocycles. The lowest BCUT2D eigenvalue weighted by molar-refractivity contribution is -0.127. The molecule has 2 fully saturated rings. The molecule has 2 rings (SSSR count). The molecule has 0 aliphatic carbocycles. The fraction of sp³-hybridized carbons (Fsp3) is 0.900. The number of hydrogen-bond donors (Lipinski definition) is 2. The second-order valence-electron chi connectivity index (χ2n) is 8.40. The summed E-state index contributed by atoms with van der Waals surface area (Å²) in [6.07, 6.45) is 2.48. The van der Waals surface area contributed by atoms with Crippen LogP contribution in [0.2, 0.25) is 0 Å². The summed E-state index contributed by atoms with van der Waals surface area (Å²) in [7, 11) is 3.53. The first kappa shape index (κ1) is 26.4. The van der Waals surface area contributed by atoms with Gasteiger partial charge in [0.25, 0.3) is 0 Å². The number of aliphatic imine (C=N–C) groups is 1. The van der Waals surface area contributed by atoms with E-state index in [-0.39, 0.29) is 36.4 Å². The van der Waals surface area contributed by atoms with Gasteiger partial charge in [-0.05, 0) is 25.3 Å². The molecule has 0 bridgehead atoms. The van der Waals surface area contributed by atoms with Crippen LogP contribution >= 0.6 is 24.0 Å². The van der Waals surface area contributed by atoms with Crippen molar-refractivity contribution in [3.8, 4) is 0 Å². The maximum Gasteiger partial charge on any atom is 0.243 e. The number of morpholine rings is 1. The molecule has 0 aromatic heterocycles. The lowest BCUT2D eigenvalue weighted by Gasteiger charge is -2.28. The molecule has 9 heteroatoms. The summed E-state index contributed by atoms with van der Waals surface area (Å²) >= 11 is 0. The second-order valence-corrected chi connectivity index (χ2v) is 8.40. The molecule has 0 radical (unpaired) electrons. The summed E-state index contributed by atoms with van der Waals surface area (Å²) in [6, 6.07) is 0.540. The number of likely N-dealkylation sites (N-methyl/N-ethyl adjacent to an activating group) is 1. The van der Waals surface area contributed by atoms with E-state index in [9.17, 15) is 4.79 Å². The molecular formula is C20H41IN6O2. The van der Waals surface area contributed by atoms with Crippen molar-refractivity contribution in [2.24, 2.45) is 10.9 Å². The standard InChI is InChI=1S/C20H40N6O2.HI/c1-17(2)16-26-8-5-6-18(26)14-22-20(23-15-19(27)24(3)4)21-7-9-25-10-12-28-13-11-25;/h17-18H,5-16H2,1-4H3,(H2,21,22,23);1H/t18-;/m1./s1. The molecule has 0 spiro atoms. The van der Waals surface area contributed by atoms with Crippen LogP contribution in [-0.4, -0.2) is 112 Å². The number of rotatable bonds is 9. The van der Waals surface area contributed by atoms with Crippen LogP contribution in [0, 0.1) is 5.92 Å². The lowest BCUT2D eigenvalue weighted by Crippen LogP contribution is -2.48. The Hall–Kier alpha value is -0.650. The van der Waals surface area contributed by atoms with Crippen LogP contribution in [0.4, 0.5) is 0 Å². The zero-order chi connectivity index (χ0) is 20.4. The van der Waals surface area contributed by atoms with Gasteiger partial charge in [0, 0.05) is 59.4 Å². The third-order valence-corrected chi connectivity index (χ3v) is 5.30. The van der Waals surface area contributed by atoms with Crippen LogP contribution in [0.3, 0.4) is 0 Å². The summed E-state index contributed by atoms with van der Waals surface area (Å²) in [5.41, 5.74) is 0. The van der Waals surface area contributed by atoms with E-state index in [0.29, 0.717) is 12.0 Å². The average Bonchev–Trinajstić information content (AvgIpc) is 3.10. The fourth-order valence-electron chi connectivity index (χ4n) is 3.67. The predicted octanol–water partition coefficient (Wildman–Crippen LogP) is 0.680. The summed E-state index contributed by atoms with van der Waals surface area (Å²) in [5, 5.41) is 6.89. The Morgan fingerprint density at radius 3 is 2.59 bits per heavy atom. The fourth-order valence-corrected chi connectivity index (χ4v) is 3.67. The van der Waals surface area contributed by atoms with Gasteiger partial charge in [0.2, 0.25) is 5.91 Å². The Balaban J connectivity index is 0.00000420. The molecular weight excluding hydrogens is 483 g/mol. The van der Waals surface area contributed by atoms with Crippen LogP contribution in [-0.2, 0) is 9.53 Å². The summed E-state index contributed by atoms with van der Waals surface area (Å²) in [4.78, 5) is 23.0. The minimum atomic E-state index is 0. The van der Waals surface area contributed by atoms with E-state index < -0.39 is 0 Å². The van der Waals surface area contributed by atoms with Gasteiger partial charge in [-0.1, -0.05) is 13.8 Å². The van der Waals surface area contributed by atoms with E-state index in [1.807, 2.05) is 0 Å². The van der Waals surface area contributed by atoms with Crippen molar-refractivity contribution in [1.82, 2.24) is 25.3 Å². The first-order valence-electron chi connectivity index (χ1n) is 10.7. The van der Waals surface area contributed by atoms with Gasteiger partial charge in [-0.15, -0.1) is 24.0 Å². The number of amides is 1. The van der Waals surface area contributed by atoms with Crippen LogP contribution < -0.4 is 10.6 Å². The number of carbonyl (C=O) groups excluding carboxylic acids is 1. The summed E-state index contributed by atoms with van der Waals surface area (Å²) < 4.78 is 5.40. The van der Waals surface area contributed by atoms with Crippen molar-refractivity contribution in [3.63, 3.8) is 0 Å². The molecule has 0 unspecified atom stereocenters. The highest BCUT2D eigenvalue weighted by Gasteiger charge is 2.25. The van der Waals surface area contributed by atoms with Gasteiger partial charge >= 0.3 is 0 Å². The van der Waals surface area contributed by atoms with Crippen LogP contribution in [0.15, 0.2) is 4.99 Å². The highest BCUT2D eigenvalue weighted by Crippen LogP contribution is 2.17. The monoisotopic (exact) mass is 524 g/mol. The molecule has 2 heterocycles. The highest BCUT2D eigenvalue weighted by atomic mass is 127. The van der Waals surface area contributed by atoms with Crippen molar-refractivity contribution in [1.29, 1.82) is 0 Å². The average molecular weight is 524 g/mol. The molecule has 2 N–H and O–H groups in total. The van der Waals surface area contributed by atoms with Gasteiger partial charge in [-0.3, -0.25) is 14.6 Å². The van der Waals surface area contributed by atoms with Crippen LogP contribution in [0.1, 0.15) is 26.7 Å². The Kier molecular flexibility index (Phi) is 13.1. The number of carbonyl (C=O) groups is 1. The number of nitrogens with one attached hydrogen (secondary N) is 2. The number of likely N-dealkylation sites (tertiary alicyclic amines) is 1. The number of nitrogens with zero attached hydrogens (tertiary/aromatic N) is 4. The zero-order valence-electron chi connectivity index (χ0n) is 18.7. The molecule has 1 atom stereocenters. The molecule has 0 saturated carbocycles. The molecule has 0 aromatic rings. The van der Waals surface area contributed by atoms with E-state index in [1.54, 1.807) is 19.0 Å². The normalized spacial score (nSPS) is 21.1. The number of ether oxygens (including phenoxy) is 1. The van der Waals surface area contributed by atoms with Gasteiger partial charge in [0.15, 0.2) is 5.96 Å². The third-order valence-electron chi connectivity index (χ3n) is 5.30. The summed E-state index contributed by atoms with van der Waals surface area (Å²) in [5.74, 6) is 1.43. The van der Waals surface area contributed by atoms with Crippen molar-refractivity contribution in [2.45, 2.75) is 32.7 Å². The summed E-state index contributed by atoms with van der Waals surface area (Å²) in [6.45, 7) is 13.2. The van der Waals surface area contributed by atoms with Gasteiger partial charge in [0.1, 0.15) is 6.54 Å². The second kappa shape index (κ2) is 14.4. The lowest BCUT2D eigenvalue weighted by atomic mass is 10.1. The number of guanidine groups is 1. The minimum absolute atomic E-state index is 0. The number of halogens is 1. The van der Waals surface area contributed by atoms with E-state index in [0.717, 1.165) is 58.4 Å². The van der Waals surface area contributed by atoms with Gasteiger partial charge in [0.05, 0.1) is 13.2 Å². The van der Waals surface area contributed by atoms with E-state index in [1.165, 1.54) is 19.4 Å². The predicted molar refractivity (Wildman–Crippen MR) is 129 cm³/mol. The quantitative estimate of drug-likeness (QED) is 0.263. The van der Waals surface area contributed by atoms with Crippen LogP contribution in [0.25, 0.3) is 0 Å². The first-order chi connectivity index (χ1) is 13.5. The largest absolute Gasteiger partial charge is 0.379 e. The molecule has 29 heavy (non-hydrogen) atoms. The molecule has 8 nitrogen and oxygen atoms in total. The van der Waals surface area contributed by atoms with Crippen molar-refractivity contribution < 1.29 is 9.53 Å². The molecule has 1 amide bonds. The van der Waals surface area contributed by atoms with Crippen molar-refractivity contribution in [3.05, 3.63) is 0 Å². The minimum Gasteiger partial charge on any atom is -0.379 e. The van der Waals surface area contributed by atoms with E-state index in [2.05, 4.69) is 39.3 Å². The van der Waals surface area contributed by atoms with E-state index >= 15 is 0 Å². The SMILES string of the molecule is CC(C)CN1CCC[C@@H]1CNC(=NCC(=O)N(C)C)NCCN1CCOCC1.I. The van der Waals surface area contributed by atoms with E-state index in [4.69, 9.17) is 4.74 Å².